The molecule has 1 saturated heterocycles. The van der Waals surface area contributed by atoms with Gasteiger partial charge in [-0.05, 0) is 17.7 Å². The first-order valence-electron chi connectivity index (χ1n) is 4.21. The van der Waals surface area contributed by atoms with Gasteiger partial charge in [-0.2, -0.15) is 5.26 Å². The molecule has 1 aliphatic rings. The van der Waals surface area contributed by atoms with E-state index in [1.165, 1.54) is 0 Å². The van der Waals surface area contributed by atoms with Crippen molar-refractivity contribution in [1.82, 2.24) is 4.90 Å². The van der Waals surface area contributed by atoms with Crippen LogP contribution in [0.3, 0.4) is 0 Å². The highest BCUT2D eigenvalue weighted by atomic mass is 16.3. The molecule has 1 fully saturated rings. The largest absolute Gasteiger partial charge is 0.508 e. The van der Waals surface area contributed by atoms with Gasteiger partial charge in [-0.1, -0.05) is 12.1 Å². The molecule has 1 heterocycles. The minimum Gasteiger partial charge on any atom is -0.508 e. The number of benzene rings is 1. The molecule has 0 spiro atoms. The van der Waals surface area contributed by atoms with Crippen LogP contribution in [-0.4, -0.2) is 22.6 Å². The Balaban J connectivity index is 1.97. The van der Waals surface area contributed by atoms with E-state index in [4.69, 9.17) is 10.4 Å². The predicted octanol–water partition coefficient (Wildman–Crippen LogP) is 1.10. The highest BCUT2D eigenvalue weighted by molar-refractivity contribution is 5.26. The van der Waals surface area contributed by atoms with E-state index in [1.54, 1.807) is 12.1 Å². The van der Waals surface area contributed by atoms with E-state index in [2.05, 4.69) is 11.0 Å². The molecule has 13 heavy (non-hydrogen) atoms. The number of aromatic hydroxyl groups is 1. The molecule has 2 atom stereocenters. The van der Waals surface area contributed by atoms with Crippen molar-refractivity contribution in [2.45, 2.75) is 12.6 Å². The Labute approximate surface area is 76.8 Å². The van der Waals surface area contributed by atoms with Crippen molar-refractivity contribution in [3.8, 4) is 11.8 Å². The molecular weight excluding hydrogens is 164 g/mol. The van der Waals surface area contributed by atoms with Crippen LogP contribution in [-0.2, 0) is 6.54 Å². The first kappa shape index (κ1) is 8.09. The zero-order chi connectivity index (χ0) is 9.26. The van der Waals surface area contributed by atoms with Crippen LogP contribution < -0.4 is 0 Å². The summed E-state index contributed by atoms with van der Waals surface area (Å²) in [7, 11) is 0. The normalized spacial score (nSPS) is 25.2. The fourth-order valence-corrected chi connectivity index (χ4v) is 1.31. The van der Waals surface area contributed by atoms with Crippen molar-refractivity contribution in [2.75, 3.05) is 6.54 Å². The smallest absolute Gasteiger partial charge is 0.115 e. The summed E-state index contributed by atoms with van der Waals surface area (Å²) in [5.74, 6) is 0.284. The van der Waals surface area contributed by atoms with Crippen LogP contribution in [0.15, 0.2) is 24.3 Å². The van der Waals surface area contributed by atoms with E-state index >= 15 is 0 Å². The molecule has 1 aromatic carbocycles. The minimum absolute atomic E-state index is 0.105. The molecule has 0 bridgehead atoms. The molecule has 1 aliphatic heterocycles. The monoisotopic (exact) mass is 174 g/mol. The topological polar surface area (TPSA) is 47.0 Å². The van der Waals surface area contributed by atoms with Gasteiger partial charge >= 0.3 is 0 Å². The molecule has 1 aromatic rings. The molecule has 2 unspecified atom stereocenters. The molecular formula is C10H10N2O. The summed E-state index contributed by atoms with van der Waals surface area (Å²) in [6, 6.07) is 9.39. The van der Waals surface area contributed by atoms with Crippen molar-refractivity contribution in [3.63, 3.8) is 0 Å². The number of phenolic OH excluding ortho intramolecular Hbond substituents is 1. The van der Waals surface area contributed by atoms with Crippen LogP contribution in [0, 0.1) is 11.3 Å². The molecule has 1 N–H and O–H groups in total. The summed E-state index contributed by atoms with van der Waals surface area (Å²) in [5.41, 5.74) is 1.13. The zero-order valence-electron chi connectivity index (χ0n) is 7.14. The summed E-state index contributed by atoms with van der Waals surface area (Å²) in [4.78, 5) is 2.08. The number of nitrogens with zero attached hydrogens (tertiary/aromatic N) is 2. The van der Waals surface area contributed by atoms with Crippen LogP contribution in [0.5, 0.6) is 5.75 Å². The summed E-state index contributed by atoms with van der Waals surface area (Å²) in [6.07, 6.45) is 0. The molecule has 3 nitrogen and oxygen atoms in total. The third kappa shape index (κ3) is 1.79. The lowest BCUT2D eigenvalue weighted by Gasteiger charge is -2.01. The van der Waals surface area contributed by atoms with Crippen LogP contribution in [0.1, 0.15) is 5.56 Å². The summed E-state index contributed by atoms with van der Waals surface area (Å²) in [6.45, 7) is 1.68. The molecule has 2 rings (SSSR count). The first-order chi connectivity index (χ1) is 6.29. The van der Waals surface area contributed by atoms with Crippen LogP contribution >= 0.6 is 0 Å². The number of nitriles is 1. The highest BCUT2D eigenvalue weighted by Crippen LogP contribution is 2.20. The second kappa shape index (κ2) is 3.08. The Morgan fingerprint density at radius 3 is 2.69 bits per heavy atom. The fourth-order valence-electron chi connectivity index (χ4n) is 1.31. The van der Waals surface area contributed by atoms with Crippen LogP contribution in [0.2, 0.25) is 0 Å². The van der Waals surface area contributed by atoms with Gasteiger partial charge in [0.15, 0.2) is 0 Å². The molecule has 3 heteroatoms. The van der Waals surface area contributed by atoms with Crippen LogP contribution in [0.25, 0.3) is 0 Å². The SMILES string of the molecule is N#CC1CN1Cc1ccc(O)cc1. The van der Waals surface area contributed by atoms with Gasteiger partial charge in [0.1, 0.15) is 11.8 Å². The number of hydrogen-bond acceptors (Lipinski definition) is 3. The van der Waals surface area contributed by atoms with Crippen molar-refractivity contribution in [1.29, 1.82) is 5.26 Å². The Bertz CT molecular complexity index is 339. The Hall–Kier alpha value is -1.53. The van der Waals surface area contributed by atoms with Gasteiger partial charge in [-0.15, -0.1) is 0 Å². The molecule has 0 saturated carbocycles. The second-order valence-electron chi connectivity index (χ2n) is 3.24. The Kier molecular flexibility index (Phi) is 1.91. The third-order valence-electron chi connectivity index (χ3n) is 2.19. The van der Waals surface area contributed by atoms with Crippen molar-refractivity contribution in [3.05, 3.63) is 29.8 Å². The lowest BCUT2D eigenvalue weighted by atomic mass is 10.2. The number of rotatable bonds is 2. The highest BCUT2D eigenvalue weighted by Gasteiger charge is 2.33. The lowest BCUT2D eigenvalue weighted by Crippen LogP contribution is -1.99. The quantitative estimate of drug-likeness (QED) is 0.683. The average Bonchev–Trinajstić information content (AvgIpc) is 2.88. The second-order valence-corrected chi connectivity index (χ2v) is 3.24. The number of phenols is 1. The molecule has 0 aromatic heterocycles. The zero-order valence-corrected chi connectivity index (χ0v) is 7.14. The minimum atomic E-state index is 0.105. The Morgan fingerprint density at radius 2 is 2.15 bits per heavy atom. The maximum absolute atomic E-state index is 9.04. The van der Waals surface area contributed by atoms with Crippen LogP contribution in [0.4, 0.5) is 0 Å². The fraction of sp³-hybridized carbons (Fsp3) is 0.300. The molecule has 0 radical (unpaired) electrons. The molecule has 0 aliphatic carbocycles. The van der Waals surface area contributed by atoms with Gasteiger partial charge in [0.25, 0.3) is 0 Å². The van der Waals surface area contributed by atoms with Crippen molar-refractivity contribution < 1.29 is 5.11 Å². The molecule has 0 amide bonds. The van der Waals surface area contributed by atoms with Gasteiger partial charge in [-0.25, -0.2) is 0 Å². The van der Waals surface area contributed by atoms with Gasteiger partial charge in [0, 0.05) is 13.1 Å². The van der Waals surface area contributed by atoms with E-state index in [0.29, 0.717) is 0 Å². The third-order valence-corrected chi connectivity index (χ3v) is 2.19. The maximum Gasteiger partial charge on any atom is 0.115 e. The maximum atomic E-state index is 9.04. The average molecular weight is 174 g/mol. The predicted molar refractivity (Wildman–Crippen MR) is 47.9 cm³/mol. The summed E-state index contributed by atoms with van der Waals surface area (Å²) < 4.78 is 0. The van der Waals surface area contributed by atoms with E-state index in [1.807, 2.05) is 12.1 Å². The van der Waals surface area contributed by atoms with E-state index in [-0.39, 0.29) is 11.8 Å². The summed E-state index contributed by atoms with van der Waals surface area (Å²) >= 11 is 0. The van der Waals surface area contributed by atoms with Gasteiger partial charge in [0.05, 0.1) is 6.07 Å². The van der Waals surface area contributed by atoms with Gasteiger partial charge in [-0.3, -0.25) is 4.90 Å². The number of hydrogen-bond donors (Lipinski definition) is 1. The van der Waals surface area contributed by atoms with E-state index in [9.17, 15) is 0 Å². The van der Waals surface area contributed by atoms with Gasteiger partial charge < -0.3 is 5.11 Å². The lowest BCUT2D eigenvalue weighted by molar-refractivity contribution is 0.474. The van der Waals surface area contributed by atoms with E-state index in [0.717, 1.165) is 18.7 Å². The van der Waals surface area contributed by atoms with Crippen molar-refractivity contribution >= 4 is 0 Å². The Morgan fingerprint density at radius 1 is 1.46 bits per heavy atom. The molecule has 66 valence electrons. The summed E-state index contributed by atoms with van der Waals surface area (Å²) in [5, 5.41) is 17.6. The first-order valence-corrected chi connectivity index (χ1v) is 4.21. The van der Waals surface area contributed by atoms with Gasteiger partial charge in [0.2, 0.25) is 0 Å². The standard InChI is InChI=1S/C10H10N2O/c11-5-9-7-12(9)6-8-1-3-10(13)4-2-8/h1-4,9,13H,6-7H2. The van der Waals surface area contributed by atoms with Crippen molar-refractivity contribution in [2.24, 2.45) is 0 Å². The van der Waals surface area contributed by atoms with E-state index < -0.39 is 0 Å².